The molecule has 2 heteroatoms. The lowest BCUT2D eigenvalue weighted by atomic mass is 10.2. The lowest BCUT2D eigenvalue weighted by Crippen LogP contribution is -2.03. The minimum Gasteiger partial charge on any atom is -0.393 e. The van der Waals surface area contributed by atoms with Crippen molar-refractivity contribution in [3.8, 4) is 0 Å². The highest BCUT2D eigenvalue weighted by atomic mass is 16.3. The van der Waals surface area contributed by atoms with Gasteiger partial charge in [-0.3, -0.25) is 0 Å². The molecule has 0 saturated carbocycles. The van der Waals surface area contributed by atoms with Gasteiger partial charge < -0.3 is 10.1 Å². The molecule has 0 amide bonds. The highest BCUT2D eigenvalue weighted by Crippen LogP contribution is 2.15. The molecular formula is C11H13NO. The quantitative estimate of drug-likeness (QED) is 0.720. The molecule has 68 valence electrons. The fourth-order valence-corrected chi connectivity index (χ4v) is 1.56. The topological polar surface area (TPSA) is 36.0 Å². The van der Waals surface area contributed by atoms with Crippen LogP contribution < -0.4 is 0 Å². The molecule has 1 heterocycles. The van der Waals surface area contributed by atoms with E-state index in [0.717, 1.165) is 11.2 Å². The van der Waals surface area contributed by atoms with E-state index >= 15 is 0 Å². The third kappa shape index (κ3) is 1.73. The summed E-state index contributed by atoms with van der Waals surface area (Å²) in [6.07, 6.45) is 0.405. The van der Waals surface area contributed by atoms with Gasteiger partial charge in [0, 0.05) is 17.6 Å². The molecule has 2 aromatic rings. The van der Waals surface area contributed by atoms with E-state index in [1.165, 1.54) is 5.39 Å². The highest BCUT2D eigenvalue weighted by molar-refractivity contribution is 5.80. The maximum atomic E-state index is 9.21. The molecule has 2 nitrogen and oxygen atoms in total. The number of H-pyrrole nitrogens is 1. The van der Waals surface area contributed by atoms with Crippen molar-refractivity contribution in [3.05, 3.63) is 36.0 Å². The van der Waals surface area contributed by atoms with Crippen LogP contribution in [0.1, 0.15) is 12.6 Å². The maximum Gasteiger partial charge on any atom is 0.0566 e. The van der Waals surface area contributed by atoms with Crippen LogP contribution in [0.15, 0.2) is 30.3 Å². The first kappa shape index (κ1) is 8.32. The summed E-state index contributed by atoms with van der Waals surface area (Å²) in [5, 5.41) is 10.4. The minimum atomic E-state index is -0.284. The van der Waals surface area contributed by atoms with Crippen LogP contribution in [-0.4, -0.2) is 16.2 Å². The van der Waals surface area contributed by atoms with E-state index in [-0.39, 0.29) is 6.10 Å². The number of aromatic nitrogens is 1. The Morgan fingerprint density at radius 3 is 2.85 bits per heavy atom. The zero-order valence-electron chi connectivity index (χ0n) is 7.62. The molecule has 0 fully saturated rings. The average Bonchev–Trinajstić information content (AvgIpc) is 2.44. The smallest absolute Gasteiger partial charge is 0.0566 e. The second-order valence-corrected chi connectivity index (χ2v) is 3.43. The fraction of sp³-hybridized carbons (Fsp3) is 0.273. The van der Waals surface area contributed by atoms with Gasteiger partial charge in [0.2, 0.25) is 0 Å². The Balaban J connectivity index is 2.38. The van der Waals surface area contributed by atoms with E-state index in [2.05, 4.69) is 17.1 Å². The molecule has 1 aromatic heterocycles. The van der Waals surface area contributed by atoms with Crippen molar-refractivity contribution in [2.75, 3.05) is 0 Å². The Bertz CT molecular complexity index is 370. The third-order valence-electron chi connectivity index (χ3n) is 2.10. The van der Waals surface area contributed by atoms with E-state index in [1.54, 1.807) is 6.92 Å². The predicted molar refractivity (Wildman–Crippen MR) is 53.7 cm³/mol. The van der Waals surface area contributed by atoms with Crippen molar-refractivity contribution in [2.45, 2.75) is 19.4 Å². The molecule has 1 aromatic carbocycles. The number of benzene rings is 1. The number of aromatic amines is 1. The van der Waals surface area contributed by atoms with Crippen molar-refractivity contribution in [1.29, 1.82) is 0 Å². The summed E-state index contributed by atoms with van der Waals surface area (Å²) < 4.78 is 0. The van der Waals surface area contributed by atoms with Crippen molar-refractivity contribution in [3.63, 3.8) is 0 Å². The molecule has 0 saturated heterocycles. The molecule has 13 heavy (non-hydrogen) atoms. The van der Waals surface area contributed by atoms with Crippen LogP contribution in [0.3, 0.4) is 0 Å². The number of nitrogens with one attached hydrogen (secondary N) is 1. The summed E-state index contributed by atoms with van der Waals surface area (Å²) in [7, 11) is 0. The number of rotatable bonds is 2. The Morgan fingerprint density at radius 2 is 2.15 bits per heavy atom. The minimum absolute atomic E-state index is 0.284. The van der Waals surface area contributed by atoms with Crippen molar-refractivity contribution < 1.29 is 5.11 Å². The monoisotopic (exact) mass is 175 g/mol. The fourth-order valence-electron chi connectivity index (χ4n) is 1.56. The first-order valence-electron chi connectivity index (χ1n) is 4.50. The molecular weight excluding hydrogens is 162 g/mol. The van der Waals surface area contributed by atoms with E-state index < -0.39 is 0 Å². The normalized spacial score (nSPS) is 13.4. The predicted octanol–water partition coefficient (Wildman–Crippen LogP) is 2.09. The summed E-state index contributed by atoms with van der Waals surface area (Å²) in [5.74, 6) is 0. The first-order valence-corrected chi connectivity index (χ1v) is 4.50. The Labute approximate surface area is 77.2 Å². The molecule has 0 aliphatic heterocycles. The number of para-hydroxylation sites is 1. The van der Waals surface area contributed by atoms with Crippen LogP contribution in [-0.2, 0) is 6.42 Å². The molecule has 0 spiro atoms. The molecule has 0 aliphatic rings. The second-order valence-electron chi connectivity index (χ2n) is 3.43. The third-order valence-corrected chi connectivity index (χ3v) is 2.10. The number of hydrogen-bond donors (Lipinski definition) is 2. The van der Waals surface area contributed by atoms with Crippen LogP contribution in [0, 0.1) is 0 Å². The van der Waals surface area contributed by atoms with Gasteiger partial charge in [0.25, 0.3) is 0 Å². The summed E-state index contributed by atoms with van der Waals surface area (Å²) in [4.78, 5) is 3.27. The maximum absolute atomic E-state index is 9.21. The van der Waals surface area contributed by atoms with Gasteiger partial charge in [0.05, 0.1) is 6.10 Å². The average molecular weight is 175 g/mol. The highest BCUT2D eigenvalue weighted by Gasteiger charge is 2.02. The zero-order valence-corrected chi connectivity index (χ0v) is 7.62. The van der Waals surface area contributed by atoms with E-state index in [4.69, 9.17) is 0 Å². The Morgan fingerprint density at radius 1 is 1.38 bits per heavy atom. The second kappa shape index (κ2) is 3.23. The molecule has 0 bridgehead atoms. The van der Waals surface area contributed by atoms with Crippen LogP contribution in [0.5, 0.6) is 0 Å². The van der Waals surface area contributed by atoms with E-state index in [0.29, 0.717) is 6.42 Å². The van der Waals surface area contributed by atoms with Crippen LogP contribution in [0.4, 0.5) is 0 Å². The van der Waals surface area contributed by atoms with Crippen molar-refractivity contribution in [1.82, 2.24) is 4.98 Å². The van der Waals surface area contributed by atoms with E-state index in [9.17, 15) is 5.11 Å². The van der Waals surface area contributed by atoms with E-state index in [1.807, 2.05) is 18.2 Å². The number of hydrogen-bond acceptors (Lipinski definition) is 1. The van der Waals surface area contributed by atoms with Gasteiger partial charge in [-0.2, -0.15) is 0 Å². The molecule has 2 N–H and O–H groups in total. The lowest BCUT2D eigenvalue weighted by molar-refractivity contribution is 0.194. The SMILES string of the molecule is CC(O)Cc1cc2ccccc2[nH]1. The lowest BCUT2D eigenvalue weighted by Gasteiger charge is -1.99. The molecule has 0 radical (unpaired) electrons. The molecule has 2 rings (SSSR count). The van der Waals surface area contributed by atoms with Gasteiger partial charge in [-0.1, -0.05) is 18.2 Å². The van der Waals surface area contributed by atoms with Gasteiger partial charge in [0.15, 0.2) is 0 Å². The van der Waals surface area contributed by atoms with Crippen molar-refractivity contribution in [2.24, 2.45) is 0 Å². The number of aliphatic hydroxyl groups excluding tert-OH is 1. The summed E-state index contributed by atoms with van der Waals surface area (Å²) in [6.45, 7) is 1.80. The summed E-state index contributed by atoms with van der Waals surface area (Å²) in [6, 6.07) is 10.2. The zero-order chi connectivity index (χ0) is 9.26. The van der Waals surface area contributed by atoms with Crippen LogP contribution in [0.25, 0.3) is 10.9 Å². The van der Waals surface area contributed by atoms with Gasteiger partial charge in [-0.05, 0) is 24.4 Å². The van der Waals surface area contributed by atoms with Crippen LogP contribution in [0.2, 0.25) is 0 Å². The summed E-state index contributed by atoms with van der Waals surface area (Å²) in [5.41, 5.74) is 2.23. The molecule has 0 aliphatic carbocycles. The standard InChI is InChI=1S/C11H13NO/c1-8(13)6-10-7-9-4-2-3-5-11(9)12-10/h2-5,7-8,12-13H,6H2,1H3. The van der Waals surface area contributed by atoms with Gasteiger partial charge >= 0.3 is 0 Å². The van der Waals surface area contributed by atoms with Gasteiger partial charge in [-0.25, -0.2) is 0 Å². The van der Waals surface area contributed by atoms with Gasteiger partial charge in [0.1, 0.15) is 0 Å². The van der Waals surface area contributed by atoms with Crippen LogP contribution >= 0.6 is 0 Å². The summed E-state index contributed by atoms with van der Waals surface area (Å²) >= 11 is 0. The number of fused-ring (bicyclic) bond motifs is 1. The largest absolute Gasteiger partial charge is 0.393 e. The Hall–Kier alpha value is -1.28. The first-order chi connectivity index (χ1) is 6.25. The van der Waals surface area contributed by atoms with Gasteiger partial charge in [-0.15, -0.1) is 0 Å². The van der Waals surface area contributed by atoms with Crippen molar-refractivity contribution >= 4 is 10.9 Å². The molecule has 1 unspecified atom stereocenters. The molecule has 1 atom stereocenters. The number of aliphatic hydroxyl groups is 1. The Kier molecular flexibility index (Phi) is 2.07.